The summed E-state index contributed by atoms with van der Waals surface area (Å²) in [4.78, 5) is 8.70. The second kappa shape index (κ2) is 8.02. The van der Waals surface area contributed by atoms with Crippen molar-refractivity contribution in [3.05, 3.63) is 75.0 Å². The predicted octanol–water partition coefficient (Wildman–Crippen LogP) is 5.52. The summed E-state index contributed by atoms with van der Waals surface area (Å²) < 4.78 is 1.75. The minimum absolute atomic E-state index is 0.538. The van der Waals surface area contributed by atoms with E-state index >= 15 is 0 Å². The molecule has 27 heavy (non-hydrogen) atoms. The third kappa shape index (κ3) is 4.19. The maximum Gasteiger partial charge on any atom is 0.183 e. The van der Waals surface area contributed by atoms with Crippen molar-refractivity contribution in [2.24, 2.45) is 0 Å². The zero-order valence-corrected chi connectivity index (χ0v) is 16.9. The Hall–Kier alpha value is -1.86. The maximum atomic E-state index is 6.08. The van der Waals surface area contributed by atoms with E-state index in [1.165, 1.54) is 6.33 Å². The number of fused-ring (bicyclic) bond motifs is 1. The number of nitrogens with zero attached hydrogens (tertiary/aromatic N) is 5. The summed E-state index contributed by atoms with van der Waals surface area (Å²) in [5.74, 6) is 0.688. The van der Waals surface area contributed by atoms with Crippen LogP contribution in [0.3, 0.4) is 0 Å². The van der Waals surface area contributed by atoms with Gasteiger partial charge in [0.1, 0.15) is 11.4 Å². The molecule has 0 unspecified atom stereocenters. The van der Waals surface area contributed by atoms with Crippen molar-refractivity contribution in [3.8, 4) is 0 Å². The van der Waals surface area contributed by atoms with Crippen LogP contribution in [0.25, 0.3) is 11.2 Å². The number of benzene rings is 2. The molecule has 2 aromatic carbocycles. The van der Waals surface area contributed by atoms with Gasteiger partial charge < -0.3 is 0 Å². The second-order valence-electron chi connectivity index (χ2n) is 5.76. The Morgan fingerprint density at radius 1 is 0.889 bits per heavy atom. The van der Waals surface area contributed by atoms with Gasteiger partial charge in [0.05, 0.1) is 16.6 Å². The molecule has 0 spiro atoms. The Bertz CT molecular complexity index is 1100. The van der Waals surface area contributed by atoms with E-state index in [9.17, 15) is 0 Å². The number of thioether (sulfide) groups is 1. The van der Waals surface area contributed by atoms with Crippen LogP contribution < -0.4 is 0 Å². The van der Waals surface area contributed by atoms with E-state index in [0.29, 0.717) is 38.5 Å². The Morgan fingerprint density at radius 3 is 2.44 bits per heavy atom. The van der Waals surface area contributed by atoms with E-state index in [1.54, 1.807) is 22.5 Å². The topological polar surface area (TPSA) is 56.5 Å². The average Bonchev–Trinajstić information content (AvgIpc) is 3.08. The molecule has 9 heteroatoms. The lowest BCUT2D eigenvalue weighted by atomic mass is 10.2. The first-order valence-electron chi connectivity index (χ1n) is 7.95. The number of aromatic nitrogens is 5. The van der Waals surface area contributed by atoms with E-state index < -0.39 is 0 Å². The fourth-order valence-electron chi connectivity index (χ4n) is 2.53. The van der Waals surface area contributed by atoms with E-state index in [0.717, 1.165) is 16.2 Å². The monoisotopic (exact) mass is 435 g/mol. The van der Waals surface area contributed by atoms with Gasteiger partial charge in [0.25, 0.3) is 0 Å². The van der Waals surface area contributed by atoms with Crippen LogP contribution >= 0.6 is 46.6 Å². The summed E-state index contributed by atoms with van der Waals surface area (Å²) in [6, 6.07) is 13.2. The first-order valence-corrected chi connectivity index (χ1v) is 10.1. The summed E-state index contributed by atoms with van der Waals surface area (Å²) in [7, 11) is 0. The van der Waals surface area contributed by atoms with Gasteiger partial charge >= 0.3 is 0 Å². The van der Waals surface area contributed by atoms with Crippen molar-refractivity contribution in [1.29, 1.82) is 0 Å². The molecule has 136 valence electrons. The first-order chi connectivity index (χ1) is 13.1. The normalized spacial score (nSPS) is 11.2. The standard InChI is InChI=1S/C18H12Cl3N5S/c19-13-4-1-11(2-5-13)8-26-17-16(24-25-26)18(23-10-22-17)27-9-12-3-6-14(20)15(21)7-12/h1-7,10H,8-9H2. The van der Waals surface area contributed by atoms with Gasteiger partial charge in [-0.25, -0.2) is 14.6 Å². The molecule has 0 N–H and O–H groups in total. The molecule has 0 fully saturated rings. The van der Waals surface area contributed by atoms with Crippen molar-refractivity contribution in [3.63, 3.8) is 0 Å². The third-order valence-corrected chi connectivity index (χ3v) is 5.91. The van der Waals surface area contributed by atoms with Crippen LogP contribution in [0, 0.1) is 0 Å². The molecule has 0 amide bonds. The average molecular weight is 437 g/mol. The fraction of sp³-hybridized carbons (Fsp3) is 0.111. The molecule has 0 aliphatic rings. The first kappa shape index (κ1) is 18.5. The van der Waals surface area contributed by atoms with Gasteiger partial charge in [-0.15, -0.1) is 5.10 Å². The van der Waals surface area contributed by atoms with Crippen molar-refractivity contribution in [2.75, 3.05) is 0 Å². The molecule has 5 nitrogen and oxygen atoms in total. The highest BCUT2D eigenvalue weighted by atomic mass is 35.5. The van der Waals surface area contributed by atoms with E-state index in [1.807, 2.05) is 36.4 Å². The molecular weight excluding hydrogens is 425 g/mol. The summed E-state index contributed by atoms with van der Waals surface area (Å²) in [5, 5.41) is 11.1. The van der Waals surface area contributed by atoms with Gasteiger partial charge in [0.2, 0.25) is 0 Å². The van der Waals surface area contributed by atoms with Gasteiger partial charge in [-0.05, 0) is 35.4 Å². The number of hydrogen-bond acceptors (Lipinski definition) is 5. The Morgan fingerprint density at radius 2 is 1.67 bits per heavy atom. The van der Waals surface area contributed by atoms with Crippen molar-refractivity contribution < 1.29 is 0 Å². The van der Waals surface area contributed by atoms with Crippen LogP contribution in [-0.2, 0) is 12.3 Å². The minimum Gasteiger partial charge on any atom is -0.227 e. The summed E-state index contributed by atoms with van der Waals surface area (Å²) in [6.45, 7) is 0.557. The Kier molecular flexibility index (Phi) is 5.50. The highest BCUT2D eigenvalue weighted by Crippen LogP contribution is 2.29. The SMILES string of the molecule is Clc1ccc(Cn2nnc3c(SCc4ccc(Cl)c(Cl)c4)ncnc32)cc1. The highest BCUT2D eigenvalue weighted by Gasteiger charge is 2.13. The number of halogens is 3. The van der Waals surface area contributed by atoms with Crippen LogP contribution in [-0.4, -0.2) is 25.0 Å². The van der Waals surface area contributed by atoms with Crippen molar-refractivity contribution in [1.82, 2.24) is 25.0 Å². The maximum absolute atomic E-state index is 6.08. The fourth-order valence-corrected chi connectivity index (χ4v) is 3.85. The van der Waals surface area contributed by atoms with Gasteiger partial charge in [-0.1, -0.05) is 70.0 Å². The summed E-state index contributed by atoms with van der Waals surface area (Å²) in [5.41, 5.74) is 3.48. The molecule has 2 aromatic heterocycles. The van der Waals surface area contributed by atoms with Gasteiger partial charge in [0.15, 0.2) is 11.2 Å². The van der Waals surface area contributed by atoms with Crippen LogP contribution in [0.1, 0.15) is 11.1 Å². The largest absolute Gasteiger partial charge is 0.227 e. The van der Waals surface area contributed by atoms with Crippen LogP contribution in [0.4, 0.5) is 0 Å². The van der Waals surface area contributed by atoms with E-state index in [4.69, 9.17) is 34.8 Å². The van der Waals surface area contributed by atoms with Gasteiger partial charge in [-0.3, -0.25) is 0 Å². The molecule has 2 heterocycles. The van der Waals surface area contributed by atoms with Crippen LogP contribution in [0.2, 0.25) is 15.1 Å². The third-order valence-electron chi connectivity index (χ3n) is 3.87. The van der Waals surface area contributed by atoms with E-state index in [-0.39, 0.29) is 0 Å². The lowest BCUT2D eigenvalue weighted by Gasteiger charge is -2.04. The number of rotatable bonds is 5. The zero-order valence-electron chi connectivity index (χ0n) is 13.8. The minimum atomic E-state index is 0.538. The second-order valence-corrected chi connectivity index (χ2v) is 7.98. The molecule has 0 radical (unpaired) electrons. The molecule has 0 atom stereocenters. The molecule has 0 bridgehead atoms. The summed E-state index contributed by atoms with van der Waals surface area (Å²) >= 11 is 19.5. The molecule has 4 aromatic rings. The number of hydrogen-bond donors (Lipinski definition) is 0. The molecule has 0 saturated heterocycles. The van der Waals surface area contributed by atoms with E-state index in [2.05, 4.69) is 20.3 Å². The lowest BCUT2D eigenvalue weighted by molar-refractivity contribution is 0.664. The predicted molar refractivity (Wildman–Crippen MR) is 110 cm³/mol. The van der Waals surface area contributed by atoms with Gasteiger partial charge in [0, 0.05) is 10.8 Å². The zero-order chi connectivity index (χ0) is 18.8. The summed E-state index contributed by atoms with van der Waals surface area (Å²) in [6.07, 6.45) is 1.53. The Balaban J connectivity index is 1.56. The van der Waals surface area contributed by atoms with Gasteiger partial charge in [-0.2, -0.15) is 0 Å². The molecule has 0 aliphatic heterocycles. The lowest BCUT2D eigenvalue weighted by Crippen LogP contribution is -2.03. The van der Waals surface area contributed by atoms with Crippen molar-refractivity contribution in [2.45, 2.75) is 17.3 Å². The van der Waals surface area contributed by atoms with Crippen molar-refractivity contribution >= 4 is 57.7 Å². The smallest absolute Gasteiger partial charge is 0.183 e. The molecule has 4 rings (SSSR count). The molecule has 0 saturated carbocycles. The molecular formula is C18H12Cl3N5S. The van der Waals surface area contributed by atoms with Crippen LogP contribution in [0.15, 0.2) is 53.8 Å². The molecule has 0 aliphatic carbocycles. The van der Waals surface area contributed by atoms with Crippen LogP contribution in [0.5, 0.6) is 0 Å². The highest BCUT2D eigenvalue weighted by molar-refractivity contribution is 7.98. The quantitative estimate of drug-likeness (QED) is 0.304. The Labute approximate surface area is 174 Å².